The van der Waals surface area contributed by atoms with E-state index in [1.165, 1.54) is 6.07 Å². The summed E-state index contributed by atoms with van der Waals surface area (Å²) in [4.78, 5) is 25.1. The highest BCUT2D eigenvalue weighted by molar-refractivity contribution is 5.93. The predicted octanol–water partition coefficient (Wildman–Crippen LogP) is 2.92. The first-order chi connectivity index (χ1) is 13.4. The van der Waals surface area contributed by atoms with Crippen molar-refractivity contribution in [2.45, 2.75) is 26.8 Å². The largest absolute Gasteiger partial charge is 0.352 e. The molecule has 1 heterocycles. The summed E-state index contributed by atoms with van der Waals surface area (Å²) in [6.07, 6.45) is 0.485. The summed E-state index contributed by atoms with van der Waals surface area (Å²) in [5.74, 6) is -1.06. The summed E-state index contributed by atoms with van der Waals surface area (Å²) in [5, 5.41) is 8.94. The molecule has 1 saturated heterocycles. The molecule has 1 fully saturated rings. The van der Waals surface area contributed by atoms with Crippen molar-refractivity contribution in [2.75, 3.05) is 18.4 Å². The van der Waals surface area contributed by atoms with Crippen LogP contribution >= 0.6 is 0 Å². The number of rotatable bonds is 5. The smallest absolute Gasteiger partial charge is 0.228 e. The van der Waals surface area contributed by atoms with E-state index in [9.17, 15) is 14.0 Å². The highest BCUT2D eigenvalue weighted by Gasteiger charge is 2.31. The van der Waals surface area contributed by atoms with Gasteiger partial charge in [-0.15, -0.1) is 0 Å². The summed E-state index contributed by atoms with van der Waals surface area (Å²) in [6.45, 7) is 5.04. The average molecular weight is 383 g/mol. The monoisotopic (exact) mass is 383 g/mol. The Balaban J connectivity index is 1.53. The van der Waals surface area contributed by atoms with Gasteiger partial charge in [-0.3, -0.25) is 9.59 Å². The van der Waals surface area contributed by atoms with E-state index in [1.54, 1.807) is 19.1 Å². The van der Waals surface area contributed by atoms with Crippen LogP contribution in [0.5, 0.6) is 0 Å². The van der Waals surface area contributed by atoms with Crippen molar-refractivity contribution in [3.63, 3.8) is 0 Å². The highest BCUT2D eigenvalue weighted by atomic mass is 19.1. The number of hydrogen-bond acceptors (Lipinski definition) is 3. The molecule has 3 rings (SSSR count). The first-order valence-electron chi connectivity index (χ1n) is 9.53. The number of aryl methyl sites for hydroxylation is 2. The van der Waals surface area contributed by atoms with Gasteiger partial charge in [0.05, 0.1) is 11.8 Å². The minimum Gasteiger partial charge on any atom is -0.352 e. The van der Waals surface area contributed by atoms with Crippen molar-refractivity contribution in [2.24, 2.45) is 11.8 Å². The molecule has 0 aliphatic carbocycles. The van der Waals surface area contributed by atoms with Crippen LogP contribution < -0.4 is 16.0 Å². The van der Waals surface area contributed by atoms with Gasteiger partial charge in [-0.25, -0.2) is 4.39 Å². The number of amides is 2. The van der Waals surface area contributed by atoms with Crippen molar-refractivity contribution in [3.8, 4) is 0 Å². The molecule has 3 N–H and O–H groups in total. The van der Waals surface area contributed by atoms with Crippen LogP contribution in [-0.4, -0.2) is 24.9 Å². The van der Waals surface area contributed by atoms with E-state index >= 15 is 0 Å². The fourth-order valence-corrected chi connectivity index (χ4v) is 3.30. The Bertz CT molecular complexity index is 851. The summed E-state index contributed by atoms with van der Waals surface area (Å²) >= 11 is 0. The SMILES string of the molecule is Cc1ccc(NC(=O)[C@@H]2CNC[C@H](C(=O)NCc3ccc(C)c(F)c3)C2)cc1. The second-order valence-electron chi connectivity index (χ2n) is 7.44. The van der Waals surface area contributed by atoms with Gasteiger partial charge < -0.3 is 16.0 Å². The highest BCUT2D eigenvalue weighted by Crippen LogP contribution is 2.19. The molecule has 0 unspecified atom stereocenters. The van der Waals surface area contributed by atoms with Gasteiger partial charge >= 0.3 is 0 Å². The zero-order valence-corrected chi connectivity index (χ0v) is 16.2. The first kappa shape index (κ1) is 20.0. The number of piperidine rings is 1. The lowest BCUT2D eigenvalue weighted by atomic mass is 9.89. The molecule has 0 saturated carbocycles. The number of carbonyl (C=O) groups is 2. The molecule has 5 nitrogen and oxygen atoms in total. The molecule has 1 aliphatic heterocycles. The van der Waals surface area contributed by atoms with Crippen molar-refractivity contribution in [1.82, 2.24) is 10.6 Å². The molecule has 0 radical (unpaired) electrons. The molecule has 0 bridgehead atoms. The normalized spacial score (nSPS) is 19.1. The fraction of sp³-hybridized carbons (Fsp3) is 0.364. The van der Waals surface area contributed by atoms with Gasteiger partial charge in [-0.05, 0) is 49.6 Å². The Kier molecular flexibility index (Phi) is 6.41. The molecular weight excluding hydrogens is 357 g/mol. The summed E-state index contributed by atoms with van der Waals surface area (Å²) in [5.41, 5.74) is 3.17. The van der Waals surface area contributed by atoms with Gasteiger partial charge in [-0.2, -0.15) is 0 Å². The van der Waals surface area contributed by atoms with Crippen LogP contribution in [0.2, 0.25) is 0 Å². The van der Waals surface area contributed by atoms with E-state index in [0.29, 0.717) is 30.6 Å². The van der Waals surface area contributed by atoms with Crippen molar-refractivity contribution < 1.29 is 14.0 Å². The van der Waals surface area contributed by atoms with E-state index in [4.69, 9.17) is 0 Å². The second-order valence-corrected chi connectivity index (χ2v) is 7.44. The molecule has 6 heteroatoms. The molecule has 148 valence electrons. The third-order valence-electron chi connectivity index (χ3n) is 5.11. The van der Waals surface area contributed by atoms with Gasteiger partial charge in [0.1, 0.15) is 5.82 Å². The number of anilines is 1. The Hall–Kier alpha value is -2.73. The number of hydrogen-bond donors (Lipinski definition) is 3. The second kappa shape index (κ2) is 8.97. The number of benzene rings is 2. The van der Waals surface area contributed by atoms with Gasteiger partial charge in [0.15, 0.2) is 0 Å². The zero-order chi connectivity index (χ0) is 20.1. The maximum absolute atomic E-state index is 13.6. The third kappa shape index (κ3) is 5.16. The maximum Gasteiger partial charge on any atom is 0.228 e. The Morgan fingerprint density at radius 2 is 1.71 bits per heavy atom. The van der Waals surface area contributed by atoms with E-state index in [1.807, 2.05) is 31.2 Å². The van der Waals surface area contributed by atoms with Gasteiger partial charge in [0, 0.05) is 25.3 Å². The quantitative estimate of drug-likeness (QED) is 0.744. The summed E-state index contributed by atoms with van der Waals surface area (Å²) in [7, 11) is 0. The Labute approximate surface area is 164 Å². The summed E-state index contributed by atoms with van der Waals surface area (Å²) in [6, 6.07) is 12.6. The van der Waals surface area contributed by atoms with Gasteiger partial charge in [-0.1, -0.05) is 29.8 Å². The molecule has 2 atom stereocenters. The topological polar surface area (TPSA) is 70.2 Å². The number of halogens is 1. The molecule has 1 aliphatic rings. The lowest BCUT2D eigenvalue weighted by molar-refractivity contribution is -0.127. The molecule has 2 amide bonds. The van der Waals surface area contributed by atoms with Crippen LogP contribution in [-0.2, 0) is 16.1 Å². The minimum atomic E-state index is -0.294. The van der Waals surface area contributed by atoms with Crippen LogP contribution in [0.25, 0.3) is 0 Å². The predicted molar refractivity (Wildman–Crippen MR) is 107 cm³/mol. The standard InChI is InChI=1S/C22H26FN3O2/c1-14-3-7-19(8-4-14)26-22(28)18-10-17(12-24-13-18)21(27)25-11-16-6-5-15(2)20(23)9-16/h3-9,17-18,24H,10-13H2,1-2H3,(H,25,27)(H,26,28)/t17-,18+/m1/s1. The van der Waals surface area contributed by atoms with Crippen LogP contribution in [0.3, 0.4) is 0 Å². The fourth-order valence-electron chi connectivity index (χ4n) is 3.30. The van der Waals surface area contributed by atoms with E-state index in [2.05, 4.69) is 16.0 Å². The summed E-state index contributed by atoms with van der Waals surface area (Å²) < 4.78 is 13.6. The third-order valence-corrected chi connectivity index (χ3v) is 5.11. The van der Waals surface area contributed by atoms with Gasteiger partial charge in [0.2, 0.25) is 11.8 Å². The zero-order valence-electron chi connectivity index (χ0n) is 16.2. The van der Waals surface area contributed by atoms with Crippen LogP contribution in [0, 0.1) is 31.5 Å². The van der Waals surface area contributed by atoms with E-state index in [-0.39, 0.29) is 36.0 Å². The van der Waals surface area contributed by atoms with Crippen molar-refractivity contribution >= 4 is 17.5 Å². The molecule has 28 heavy (non-hydrogen) atoms. The number of nitrogens with one attached hydrogen (secondary N) is 3. The maximum atomic E-state index is 13.6. The van der Waals surface area contributed by atoms with Crippen molar-refractivity contribution in [3.05, 3.63) is 65.0 Å². The van der Waals surface area contributed by atoms with E-state index < -0.39 is 0 Å². The average Bonchev–Trinajstić information content (AvgIpc) is 2.70. The molecule has 0 aromatic heterocycles. The van der Waals surface area contributed by atoms with Gasteiger partial charge in [0.25, 0.3) is 0 Å². The number of carbonyl (C=O) groups excluding carboxylic acids is 2. The molecule has 2 aromatic carbocycles. The van der Waals surface area contributed by atoms with Crippen LogP contribution in [0.4, 0.5) is 10.1 Å². The Morgan fingerprint density at radius 3 is 2.39 bits per heavy atom. The van der Waals surface area contributed by atoms with Crippen LogP contribution in [0.15, 0.2) is 42.5 Å². The lowest BCUT2D eigenvalue weighted by Gasteiger charge is -2.28. The molecule has 0 spiro atoms. The van der Waals surface area contributed by atoms with Crippen molar-refractivity contribution in [1.29, 1.82) is 0 Å². The molecule has 2 aromatic rings. The molecular formula is C22H26FN3O2. The minimum absolute atomic E-state index is 0.0885. The Morgan fingerprint density at radius 1 is 1.04 bits per heavy atom. The lowest BCUT2D eigenvalue weighted by Crippen LogP contribution is -2.47. The van der Waals surface area contributed by atoms with E-state index in [0.717, 1.165) is 11.3 Å². The first-order valence-corrected chi connectivity index (χ1v) is 9.53. The van der Waals surface area contributed by atoms with Crippen LogP contribution in [0.1, 0.15) is 23.1 Å².